The van der Waals surface area contributed by atoms with Gasteiger partial charge in [-0.25, -0.2) is 0 Å². The van der Waals surface area contributed by atoms with Crippen LogP contribution in [0.4, 0.5) is 0 Å². The number of hydrogen-bond acceptors (Lipinski definition) is 3. The summed E-state index contributed by atoms with van der Waals surface area (Å²) >= 11 is 0. The molecule has 0 radical (unpaired) electrons. The lowest BCUT2D eigenvalue weighted by atomic mass is 10.0. The standard InChI is InChI=1S/C9H17NO3/c1-7(11)8(12)10-6-9(2)4-3-5-13-9/h7,11H,3-6H2,1-2H3,(H,10,12)/t7-,9?/m0/s1. The van der Waals surface area contributed by atoms with Crippen molar-refractivity contribution in [2.75, 3.05) is 13.2 Å². The number of aliphatic hydroxyl groups excluding tert-OH is 1. The molecule has 1 saturated heterocycles. The van der Waals surface area contributed by atoms with Crippen LogP contribution >= 0.6 is 0 Å². The van der Waals surface area contributed by atoms with E-state index in [0.717, 1.165) is 19.4 Å². The van der Waals surface area contributed by atoms with Gasteiger partial charge in [0.15, 0.2) is 0 Å². The summed E-state index contributed by atoms with van der Waals surface area (Å²) < 4.78 is 5.47. The van der Waals surface area contributed by atoms with Crippen LogP contribution in [0.3, 0.4) is 0 Å². The molecule has 0 aliphatic carbocycles. The molecule has 76 valence electrons. The lowest BCUT2D eigenvalue weighted by molar-refractivity contribution is -0.129. The summed E-state index contributed by atoms with van der Waals surface area (Å²) in [6, 6.07) is 0. The third-order valence-corrected chi connectivity index (χ3v) is 2.32. The number of rotatable bonds is 3. The van der Waals surface area contributed by atoms with Crippen molar-refractivity contribution in [2.45, 2.75) is 38.4 Å². The number of hydrogen-bond donors (Lipinski definition) is 2. The Morgan fingerprint density at radius 3 is 2.92 bits per heavy atom. The maximum atomic E-state index is 11.0. The fraction of sp³-hybridized carbons (Fsp3) is 0.889. The Morgan fingerprint density at radius 2 is 2.46 bits per heavy atom. The Bertz CT molecular complexity index is 185. The lowest BCUT2D eigenvalue weighted by Crippen LogP contribution is -2.43. The van der Waals surface area contributed by atoms with Crippen LogP contribution in [0.15, 0.2) is 0 Å². The minimum Gasteiger partial charge on any atom is -0.384 e. The highest BCUT2D eigenvalue weighted by Gasteiger charge is 2.30. The van der Waals surface area contributed by atoms with Gasteiger partial charge in [0, 0.05) is 13.2 Å². The maximum absolute atomic E-state index is 11.0. The normalized spacial score (nSPS) is 30.1. The number of aliphatic hydroxyl groups is 1. The summed E-state index contributed by atoms with van der Waals surface area (Å²) in [6.07, 6.45) is 1.07. The molecule has 1 aliphatic heterocycles. The van der Waals surface area contributed by atoms with Gasteiger partial charge in [-0.05, 0) is 26.7 Å². The average Bonchev–Trinajstić information content (AvgIpc) is 2.48. The van der Waals surface area contributed by atoms with Gasteiger partial charge in [-0.3, -0.25) is 4.79 Å². The van der Waals surface area contributed by atoms with Crippen molar-refractivity contribution < 1.29 is 14.6 Å². The molecule has 0 aromatic heterocycles. The first-order chi connectivity index (χ1) is 6.03. The fourth-order valence-corrected chi connectivity index (χ4v) is 1.40. The summed E-state index contributed by atoms with van der Waals surface area (Å²) in [4.78, 5) is 11.0. The van der Waals surface area contributed by atoms with Crippen molar-refractivity contribution in [3.63, 3.8) is 0 Å². The first-order valence-corrected chi connectivity index (χ1v) is 4.63. The van der Waals surface area contributed by atoms with Crippen LogP contribution in [0.2, 0.25) is 0 Å². The van der Waals surface area contributed by atoms with E-state index < -0.39 is 6.10 Å². The minimum atomic E-state index is -0.940. The van der Waals surface area contributed by atoms with E-state index in [2.05, 4.69) is 5.32 Å². The number of ether oxygens (including phenoxy) is 1. The van der Waals surface area contributed by atoms with Gasteiger partial charge in [0.25, 0.3) is 0 Å². The van der Waals surface area contributed by atoms with Gasteiger partial charge in [0.05, 0.1) is 5.60 Å². The van der Waals surface area contributed by atoms with Gasteiger partial charge < -0.3 is 15.2 Å². The monoisotopic (exact) mass is 187 g/mol. The van der Waals surface area contributed by atoms with Gasteiger partial charge >= 0.3 is 0 Å². The molecule has 4 heteroatoms. The van der Waals surface area contributed by atoms with Crippen LogP contribution in [0.5, 0.6) is 0 Å². The highest BCUT2D eigenvalue weighted by Crippen LogP contribution is 2.23. The smallest absolute Gasteiger partial charge is 0.248 e. The molecule has 1 unspecified atom stereocenters. The van der Waals surface area contributed by atoms with Crippen molar-refractivity contribution in [3.05, 3.63) is 0 Å². The molecular formula is C9H17NO3. The van der Waals surface area contributed by atoms with E-state index in [1.165, 1.54) is 6.92 Å². The zero-order chi connectivity index (χ0) is 9.90. The Balaban J connectivity index is 2.29. The van der Waals surface area contributed by atoms with Crippen LogP contribution in [-0.2, 0) is 9.53 Å². The van der Waals surface area contributed by atoms with Gasteiger partial charge in [-0.1, -0.05) is 0 Å². The zero-order valence-electron chi connectivity index (χ0n) is 8.17. The predicted octanol–water partition coefficient (Wildman–Crippen LogP) is 0.0525. The van der Waals surface area contributed by atoms with Crippen molar-refractivity contribution >= 4 is 5.91 Å². The lowest BCUT2D eigenvalue weighted by Gasteiger charge is -2.23. The zero-order valence-corrected chi connectivity index (χ0v) is 8.17. The van der Waals surface area contributed by atoms with Crippen LogP contribution in [0, 0.1) is 0 Å². The highest BCUT2D eigenvalue weighted by molar-refractivity contribution is 5.80. The van der Waals surface area contributed by atoms with E-state index in [0.29, 0.717) is 6.54 Å². The SMILES string of the molecule is C[C@H](O)C(=O)NCC1(C)CCCO1. The molecule has 1 rings (SSSR count). The van der Waals surface area contributed by atoms with E-state index in [1.54, 1.807) is 0 Å². The third kappa shape index (κ3) is 2.97. The largest absolute Gasteiger partial charge is 0.384 e. The van der Waals surface area contributed by atoms with E-state index in [1.807, 2.05) is 6.92 Å². The Kier molecular flexibility index (Phi) is 3.27. The summed E-state index contributed by atoms with van der Waals surface area (Å²) in [5, 5.41) is 11.6. The summed E-state index contributed by atoms with van der Waals surface area (Å²) in [5.74, 6) is -0.336. The molecule has 0 bridgehead atoms. The topological polar surface area (TPSA) is 58.6 Å². The summed E-state index contributed by atoms with van der Waals surface area (Å²) in [5.41, 5.74) is -0.232. The number of carbonyl (C=O) groups excluding carboxylic acids is 1. The first-order valence-electron chi connectivity index (χ1n) is 4.63. The minimum absolute atomic E-state index is 0.232. The summed E-state index contributed by atoms with van der Waals surface area (Å²) in [6.45, 7) is 4.67. The Hall–Kier alpha value is -0.610. The molecule has 4 nitrogen and oxygen atoms in total. The first kappa shape index (κ1) is 10.5. The second-order valence-corrected chi connectivity index (χ2v) is 3.80. The molecule has 1 amide bonds. The second kappa shape index (κ2) is 4.07. The van der Waals surface area contributed by atoms with E-state index in [-0.39, 0.29) is 11.5 Å². The Labute approximate surface area is 78.3 Å². The summed E-state index contributed by atoms with van der Waals surface area (Å²) in [7, 11) is 0. The molecule has 13 heavy (non-hydrogen) atoms. The number of carbonyl (C=O) groups is 1. The van der Waals surface area contributed by atoms with Crippen LogP contribution in [0.1, 0.15) is 26.7 Å². The van der Waals surface area contributed by atoms with Crippen LogP contribution < -0.4 is 5.32 Å². The van der Waals surface area contributed by atoms with Crippen LogP contribution in [-0.4, -0.2) is 35.9 Å². The van der Waals surface area contributed by atoms with Crippen molar-refractivity contribution in [1.29, 1.82) is 0 Å². The Morgan fingerprint density at radius 1 is 1.77 bits per heavy atom. The van der Waals surface area contributed by atoms with E-state index in [4.69, 9.17) is 9.84 Å². The van der Waals surface area contributed by atoms with E-state index in [9.17, 15) is 4.79 Å². The molecular weight excluding hydrogens is 170 g/mol. The van der Waals surface area contributed by atoms with Crippen LogP contribution in [0.25, 0.3) is 0 Å². The predicted molar refractivity (Wildman–Crippen MR) is 48.3 cm³/mol. The van der Waals surface area contributed by atoms with Gasteiger partial charge in [0.1, 0.15) is 6.10 Å². The van der Waals surface area contributed by atoms with Gasteiger partial charge in [-0.15, -0.1) is 0 Å². The van der Waals surface area contributed by atoms with E-state index >= 15 is 0 Å². The third-order valence-electron chi connectivity index (χ3n) is 2.32. The number of nitrogens with one attached hydrogen (secondary N) is 1. The molecule has 1 fully saturated rings. The molecule has 2 N–H and O–H groups in total. The molecule has 0 aromatic rings. The molecule has 1 aliphatic rings. The molecule has 1 heterocycles. The van der Waals surface area contributed by atoms with Crippen molar-refractivity contribution in [3.8, 4) is 0 Å². The number of amides is 1. The van der Waals surface area contributed by atoms with Gasteiger partial charge in [0.2, 0.25) is 5.91 Å². The van der Waals surface area contributed by atoms with Crippen molar-refractivity contribution in [2.24, 2.45) is 0 Å². The quantitative estimate of drug-likeness (QED) is 0.656. The maximum Gasteiger partial charge on any atom is 0.248 e. The molecule has 0 spiro atoms. The second-order valence-electron chi connectivity index (χ2n) is 3.80. The molecule has 0 aromatic carbocycles. The molecule has 2 atom stereocenters. The highest BCUT2D eigenvalue weighted by atomic mass is 16.5. The average molecular weight is 187 g/mol. The fourth-order valence-electron chi connectivity index (χ4n) is 1.40. The van der Waals surface area contributed by atoms with Gasteiger partial charge in [-0.2, -0.15) is 0 Å². The molecule has 0 saturated carbocycles. The van der Waals surface area contributed by atoms with Crippen molar-refractivity contribution in [1.82, 2.24) is 5.32 Å².